The molecule has 9 nitrogen and oxygen atoms in total. The lowest BCUT2D eigenvalue weighted by Gasteiger charge is -2.16. The van der Waals surface area contributed by atoms with Crippen LogP contribution in [0.5, 0.6) is 0 Å². The van der Waals surface area contributed by atoms with Gasteiger partial charge in [0.1, 0.15) is 12.6 Å². The van der Waals surface area contributed by atoms with E-state index in [0.717, 1.165) is 5.01 Å². The molecule has 0 fully saturated rings. The molecule has 9 heteroatoms. The Morgan fingerprint density at radius 3 is 2.56 bits per heavy atom. The van der Waals surface area contributed by atoms with Gasteiger partial charge in [-0.1, -0.05) is 0 Å². The minimum atomic E-state index is -1.12. The lowest BCUT2D eigenvalue weighted by molar-refractivity contribution is -0.137. The summed E-state index contributed by atoms with van der Waals surface area (Å²) in [6.45, 7) is -0.424. The van der Waals surface area contributed by atoms with Crippen molar-refractivity contribution < 1.29 is 19.5 Å². The second-order valence-electron chi connectivity index (χ2n) is 3.43. The number of carboxylic acids is 1. The van der Waals surface area contributed by atoms with E-state index in [-0.39, 0.29) is 12.1 Å². The fraction of sp³-hybridized carbons (Fsp3) is 0.444. The van der Waals surface area contributed by atoms with E-state index in [1.54, 1.807) is 0 Å². The van der Waals surface area contributed by atoms with Gasteiger partial charge in [0.15, 0.2) is 0 Å². The molecule has 0 rings (SSSR count). The van der Waals surface area contributed by atoms with Crippen molar-refractivity contribution in [3.8, 4) is 0 Å². The third-order valence-corrected chi connectivity index (χ3v) is 1.92. The Bertz CT molecular complexity index is 344. The zero-order valence-corrected chi connectivity index (χ0v) is 9.92. The number of carbonyl (C=O) groups is 3. The van der Waals surface area contributed by atoms with Crippen LogP contribution in [0.3, 0.4) is 0 Å². The van der Waals surface area contributed by atoms with Crippen LogP contribution in [0.25, 0.3) is 0 Å². The number of hydrogen-bond acceptors (Lipinski definition) is 6. The summed E-state index contributed by atoms with van der Waals surface area (Å²) in [5.74, 6) is 3.81. The van der Waals surface area contributed by atoms with Crippen LogP contribution in [0.1, 0.15) is 6.42 Å². The van der Waals surface area contributed by atoms with E-state index in [1.165, 1.54) is 13.2 Å². The van der Waals surface area contributed by atoms with Crippen molar-refractivity contribution in [2.24, 2.45) is 11.6 Å². The third-order valence-electron chi connectivity index (χ3n) is 1.92. The van der Waals surface area contributed by atoms with Crippen LogP contribution >= 0.6 is 0 Å². The first kappa shape index (κ1) is 15.7. The van der Waals surface area contributed by atoms with Crippen LogP contribution in [0.4, 0.5) is 0 Å². The third kappa shape index (κ3) is 6.33. The molecule has 0 heterocycles. The number of hydrogen-bond donors (Lipinski definition) is 5. The van der Waals surface area contributed by atoms with Gasteiger partial charge in [0.05, 0.1) is 0 Å². The molecule has 0 aliphatic heterocycles. The van der Waals surface area contributed by atoms with Gasteiger partial charge in [-0.25, -0.2) is 5.84 Å². The fourth-order valence-corrected chi connectivity index (χ4v) is 1.19. The molecule has 0 radical (unpaired) electrons. The molecule has 0 unspecified atom stereocenters. The molecule has 0 aromatic rings. The van der Waals surface area contributed by atoms with E-state index in [4.69, 9.17) is 16.7 Å². The van der Waals surface area contributed by atoms with Gasteiger partial charge in [-0.05, 0) is 0 Å². The Hall–Kier alpha value is -2.29. The lowest BCUT2D eigenvalue weighted by atomic mass is 10.1. The normalized spacial score (nSPS) is 12.4. The molecule has 7 N–H and O–H groups in total. The summed E-state index contributed by atoms with van der Waals surface area (Å²) in [5, 5.41) is 14.0. The van der Waals surface area contributed by atoms with Crippen molar-refractivity contribution in [1.29, 1.82) is 0 Å². The SMILES string of the molecule is CNC(=O)[C@@H](C/C(N)=C/N(N)CC(=O)O)NC=O. The molecule has 2 amide bonds. The van der Waals surface area contributed by atoms with Crippen LogP contribution in [-0.2, 0) is 14.4 Å². The van der Waals surface area contributed by atoms with Crippen LogP contribution < -0.4 is 22.2 Å². The zero-order chi connectivity index (χ0) is 14.1. The number of nitrogens with one attached hydrogen (secondary N) is 2. The van der Waals surface area contributed by atoms with Crippen molar-refractivity contribution in [2.75, 3.05) is 13.6 Å². The summed E-state index contributed by atoms with van der Waals surface area (Å²) in [6.07, 6.45) is 1.59. The van der Waals surface area contributed by atoms with Crippen molar-refractivity contribution in [2.45, 2.75) is 12.5 Å². The van der Waals surface area contributed by atoms with Crippen molar-refractivity contribution >= 4 is 18.3 Å². The lowest BCUT2D eigenvalue weighted by Crippen LogP contribution is -2.43. The van der Waals surface area contributed by atoms with E-state index in [1.807, 2.05) is 0 Å². The van der Waals surface area contributed by atoms with Gasteiger partial charge in [0.25, 0.3) is 0 Å². The maximum atomic E-state index is 11.3. The monoisotopic (exact) mass is 259 g/mol. The van der Waals surface area contributed by atoms with Crippen LogP contribution in [0.15, 0.2) is 11.9 Å². The first-order chi connectivity index (χ1) is 8.40. The largest absolute Gasteiger partial charge is 0.480 e. The molecular weight excluding hydrogens is 242 g/mol. The van der Waals surface area contributed by atoms with Crippen LogP contribution in [-0.4, -0.2) is 48.0 Å². The molecule has 0 saturated heterocycles. The summed E-state index contributed by atoms with van der Waals surface area (Å²) in [4.78, 5) is 32.0. The van der Waals surface area contributed by atoms with Gasteiger partial charge >= 0.3 is 5.97 Å². The summed E-state index contributed by atoms with van der Waals surface area (Å²) >= 11 is 0. The van der Waals surface area contributed by atoms with Crippen molar-refractivity contribution in [3.05, 3.63) is 11.9 Å². The first-order valence-corrected chi connectivity index (χ1v) is 5.01. The number of rotatable bonds is 8. The molecule has 0 aliphatic carbocycles. The maximum absolute atomic E-state index is 11.3. The second kappa shape index (κ2) is 7.90. The van der Waals surface area contributed by atoms with Gasteiger partial charge in [-0.15, -0.1) is 0 Å². The van der Waals surface area contributed by atoms with Gasteiger partial charge in [-0.3, -0.25) is 14.4 Å². The topological polar surface area (TPSA) is 151 Å². The minimum Gasteiger partial charge on any atom is -0.480 e. The number of nitrogens with two attached hydrogens (primary N) is 2. The Balaban J connectivity index is 4.52. The highest BCUT2D eigenvalue weighted by atomic mass is 16.4. The van der Waals surface area contributed by atoms with Crippen LogP contribution in [0.2, 0.25) is 0 Å². The van der Waals surface area contributed by atoms with Gasteiger partial charge in [-0.2, -0.15) is 0 Å². The quantitative estimate of drug-likeness (QED) is 0.181. The molecule has 0 bridgehead atoms. The highest BCUT2D eigenvalue weighted by molar-refractivity contribution is 5.83. The predicted octanol–water partition coefficient (Wildman–Crippen LogP) is -2.70. The Morgan fingerprint density at radius 2 is 2.11 bits per heavy atom. The number of aliphatic carboxylic acids is 1. The van der Waals surface area contributed by atoms with Crippen LogP contribution in [0, 0.1) is 0 Å². The summed E-state index contributed by atoms with van der Waals surface area (Å²) < 4.78 is 0. The number of carboxylic acid groups (broad SMARTS) is 1. The molecule has 0 aromatic carbocycles. The molecule has 0 aromatic heterocycles. The Morgan fingerprint density at radius 1 is 1.50 bits per heavy atom. The summed E-state index contributed by atoms with van der Waals surface area (Å²) in [5.41, 5.74) is 5.75. The second-order valence-corrected chi connectivity index (χ2v) is 3.43. The number of hydrazine groups is 1. The Kier molecular flexibility index (Phi) is 6.89. The van der Waals surface area contributed by atoms with E-state index in [2.05, 4.69) is 10.6 Å². The highest BCUT2D eigenvalue weighted by Crippen LogP contribution is 2.00. The average Bonchev–Trinajstić information content (AvgIpc) is 2.25. The Labute approximate surface area is 104 Å². The number of amides is 2. The molecular formula is C9H17N5O4. The standard InChI is InChI=1S/C9H17N5O4/c1-12-9(18)7(13-5-15)2-6(10)3-14(11)4-8(16)17/h3,5,7H,2,4,10-11H2,1H3,(H,12,18)(H,13,15)(H,16,17)/b6-3-/t7-/m1/s1. The molecule has 102 valence electrons. The highest BCUT2D eigenvalue weighted by Gasteiger charge is 2.17. The van der Waals surface area contributed by atoms with E-state index >= 15 is 0 Å². The fourth-order valence-electron chi connectivity index (χ4n) is 1.19. The predicted molar refractivity (Wildman–Crippen MR) is 62.5 cm³/mol. The summed E-state index contributed by atoms with van der Waals surface area (Å²) in [7, 11) is 1.42. The van der Waals surface area contributed by atoms with Crippen molar-refractivity contribution in [1.82, 2.24) is 15.6 Å². The smallest absolute Gasteiger partial charge is 0.324 e. The van der Waals surface area contributed by atoms with E-state index < -0.39 is 24.5 Å². The van der Waals surface area contributed by atoms with Gasteiger partial charge in [0, 0.05) is 25.4 Å². The van der Waals surface area contributed by atoms with Gasteiger partial charge < -0.3 is 26.5 Å². The summed E-state index contributed by atoms with van der Waals surface area (Å²) in [6, 6.07) is -0.832. The molecule has 0 spiro atoms. The van der Waals surface area contributed by atoms with E-state index in [0.29, 0.717) is 6.41 Å². The molecule has 1 atom stereocenters. The molecule has 0 saturated carbocycles. The molecule has 18 heavy (non-hydrogen) atoms. The minimum absolute atomic E-state index is 0.0196. The zero-order valence-electron chi connectivity index (χ0n) is 9.92. The molecule has 0 aliphatic rings. The maximum Gasteiger partial charge on any atom is 0.324 e. The number of nitrogens with zero attached hydrogens (tertiary/aromatic N) is 1. The van der Waals surface area contributed by atoms with E-state index in [9.17, 15) is 14.4 Å². The average molecular weight is 259 g/mol. The first-order valence-electron chi connectivity index (χ1n) is 5.01. The van der Waals surface area contributed by atoms with Gasteiger partial charge in [0.2, 0.25) is 12.3 Å². The van der Waals surface area contributed by atoms with Crippen molar-refractivity contribution in [3.63, 3.8) is 0 Å². The number of likely N-dealkylation sites (N-methyl/N-ethyl adjacent to an activating group) is 1. The number of carbonyl (C=O) groups excluding carboxylic acids is 2.